The van der Waals surface area contributed by atoms with Gasteiger partial charge in [-0.1, -0.05) is 0 Å². The molecule has 0 aromatic heterocycles. The van der Waals surface area contributed by atoms with Crippen LogP contribution < -0.4 is 10.0 Å². The summed E-state index contributed by atoms with van der Waals surface area (Å²) in [6, 6.07) is 9.27. The van der Waals surface area contributed by atoms with Crippen molar-refractivity contribution in [3.05, 3.63) is 48.3 Å². The van der Waals surface area contributed by atoms with Crippen LogP contribution in [0.15, 0.2) is 52.3 Å². The molecule has 2 aromatic rings. The number of benzene rings is 2. The van der Waals surface area contributed by atoms with Gasteiger partial charge in [-0.2, -0.15) is 0 Å². The van der Waals surface area contributed by atoms with Crippen LogP contribution >= 0.6 is 11.8 Å². The van der Waals surface area contributed by atoms with Crippen molar-refractivity contribution in [3.63, 3.8) is 0 Å². The lowest BCUT2D eigenvalue weighted by Crippen LogP contribution is -2.43. The van der Waals surface area contributed by atoms with E-state index in [1.165, 1.54) is 24.3 Å². The van der Waals surface area contributed by atoms with Crippen molar-refractivity contribution in [2.45, 2.75) is 27.9 Å². The molecule has 1 fully saturated rings. The van der Waals surface area contributed by atoms with Crippen LogP contribution in [0.5, 0.6) is 0 Å². The number of carbonyl (C=O) groups excluding carboxylic acids is 2. The molecule has 2 aromatic carbocycles. The third-order valence-electron chi connectivity index (χ3n) is 4.74. The number of hydrogen-bond acceptors (Lipinski definition) is 5. The highest BCUT2D eigenvalue weighted by atomic mass is 32.2. The number of carbonyl (C=O) groups is 2. The molecule has 10 heteroatoms. The van der Waals surface area contributed by atoms with Crippen LogP contribution in [0, 0.1) is 5.82 Å². The largest absolute Gasteiger partial charge is 0.341 e. The van der Waals surface area contributed by atoms with Crippen molar-refractivity contribution in [1.29, 1.82) is 0 Å². The molecule has 2 N–H and O–H groups in total. The summed E-state index contributed by atoms with van der Waals surface area (Å²) in [6.45, 7) is 1.31. The van der Waals surface area contributed by atoms with Crippen molar-refractivity contribution in [1.82, 2.24) is 4.90 Å². The minimum atomic E-state index is -3.93. The van der Waals surface area contributed by atoms with E-state index in [9.17, 15) is 22.4 Å². The number of likely N-dealkylation sites (tertiary alicyclic amines) is 1. The standard InChI is InChI=1S/C19H18FN3O4S2/c20-12-3-5-13(6-4-12)22-29(26,27)14-7-8-16-15(11-14)21-18(24)17(28-16)19(25)23-9-1-2-10-23/h3-8,11,17,22H,1-2,9-10H2,(H,21,24). The van der Waals surface area contributed by atoms with Gasteiger partial charge in [-0.15, -0.1) is 11.8 Å². The van der Waals surface area contributed by atoms with Crippen molar-refractivity contribution < 1.29 is 22.4 Å². The maximum Gasteiger partial charge on any atom is 0.261 e. The Kier molecular flexibility index (Phi) is 5.22. The third-order valence-corrected chi connectivity index (χ3v) is 7.38. The predicted octanol–water partition coefficient (Wildman–Crippen LogP) is 2.66. The van der Waals surface area contributed by atoms with E-state index in [1.807, 2.05) is 0 Å². The Hall–Kier alpha value is -2.59. The van der Waals surface area contributed by atoms with Gasteiger partial charge in [-0.25, -0.2) is 12.8 Å². The highest BCUT2D eigenvalue weighted by molar-refractivity contribution is 8.01. The summed E-state index contributed by atoms with van der Waals surface area (Å²) in [5.41, 5.74) is 0.561. The van der Waals surface area contributed by atoms with E-state index in [-0.39, 0.29) is 16.5 Å². The molecule has 0 bridgehead atoms. The van der Waals surface area contributed by atoms with Gasteiger partial charge in [0.15, 0.2) is 5.25 Å². The van der Waals surface area contributed by atoms with E-state index in [0.717, 1.165) is 36.7 Å². The molecule has 29 heavy (non-hydrogen) atoms. The molecule has 1 unspecified atom stereocenters. The number of hydrogen-bond donors (Lipinski definition) is 2. The summed E-state index contributed by atoms with van der Waals surface area (Å²) in [6.07, 6.45) is 1.87. The molecule has 2 heterocycles. The van der Waals surface area contributed by atoms with E-state index < -0.39 is 27.0 Å². The molecule has 1 saturated heterocycles. The lowest BCUT2D eigenvalue weighted by Gasteiger charge is -2.27. The first kappa shape index (κ1) is 19.7. The highest BCUT2D eigenvalue weighted by Gasteiger charge is 2.37. The van der Waals surface area contributed by atoms with Gasteiger partial charge in [0.2, 0.25) is 11.8 Å². The van der Waals surface area contributed by atoms with Crippen molar-refractivity contribution >= 4 is 45.0 Å². The summed E-state index contributed by atoms with van der Waals surface area (Å²) in [7, 11) is -3.93. The molecule has 152 valence electrons. The number of nitrogens with one attached hydrogen (secondary N) is 2. The van der Waals surface area contributed by atoms with Gasteiger partial charge in [0.25, 0.3) is 10.0 Å². The van der Waals surface area contributed by atoms with E-state index in [1.54, 1.807) is 11.0 Å². The Morgan fingerprint density at radius 1 is 1.14 bits per heavy atom. The van der Waals surface area contributed by atoms with E-state index in [0.29, 0.717) is 23.7 Å². The monoisotopic (exact) mass is 435 g/mol. The molecule has 2 aliphatic rings. The fourth-order valence-corrected chi connectivity index (χ4v) is 5.39. The van der Waals surface area contributed by atoms with Crippen LogP contribution in [0.2, 0.25) is 0 Å². The van der Waals surface area contributed by atoms with Crippen molar-refractivity contribution in [3.8, 4) is 0 Å². The second-order valence-electron chi connectivity index (χ2n) is 6.79. The maximum absolute atomic E-state index is 13.0. The second kappa shape index (κ2) is 7.68. The topological polar surface area (TPSA) is 95.6 Å². The van der Waals surface area contributed by atoms with Crippen LogP contribution in [-0.4, -0.2) is 43.5 Å². The van der Waals surface area contributed by atoms with Crippen molar-refractivity contribution in [2.24, 2.45) is 0 Å². The minimum Gasteiger partial charge on any atom is -0.341 e. The number of fused-ring (bicyclic) bond motifs is 1. The first-order valence-corrected chi connectivity index (χ1v) is 11.4. The highest BCUT2D eigenvalue weighted by Crippen LogP contribution is 2.38. The lowest BCUT2D eigenvalue weighted by molar-refractivity contribution is -0.133. The minimum absolute atomic E-state index is 0.0502. The normalized spacial score (nSPS) is 18.9. The van der Waals surface area contributed by atoms with Crippen LogP contribution in [0.1, 0.15) is 12.8 Å². The number of halogens is 1. The second-order valence-corrected chi connectivity index (χ2v) is 9.62. The Morgan fingerprint density at radius 2 is 1.83 bits per heavy atom. The fourth-order valence-electron chi connectivity index (χ4n) is 3.25. The molecule has 4 rings (SSSR count). The zero-order valence-electron chi connectivity index (χ0n) is 15.2. The molecular weight excluding hydrogens is 417 g/mol. The molecular formula is C19H18FN3O4S2. The number of rotatable bonds is 4. The van der Waals surface area contributed by atoms with E-state index >= 15 is 0 Å². The summed E-state index contributed by atoms with van der Waals surface area (Å²) in [4.78, 5) is 27.3. The lowest BCUT2D eigenvalue weighted by atomic mass is 10.2. The Labute approximate surface area is 171 Å². The Morgan fingerprint density at radius 3 is 2.52 bits per heavy atom. The first-order chi connectivity index (χ1) is 13.8. The van der Waals surface area contributed by atoms with E-state index in [2.05, 4.69) is 10.0 Å². The van der Waals surface area contributed by atoms with Gasteiger partial charge in [0.05, 0.1) is 10.6 Å². The number of anilines is 2. The molecule has 0 spiro atoms. The van der Waals surface area contributed by atoms with Gasteiger partial charge in [-0.3, -0.25) is 14.3 Å². The van der Waals surface area contributed by atoms with Gasteiger partial charge < -0.3 is 10.2 Å². The summed E-state index contributed by atoms with van der Waals surface area (Å²) >= 11 is 1.12. The fraction of sp³-hybridized carbons (Fsp3) is 0.263. The van der Waals surface area contributed by atoms with Crippen LogP contribution in [0.4, 0.5) is 15.8 Å². The number of thioether (sulfide) groups is 1. The van der Waals surface area contributed by atoms with Gasteiger partial charge in [0.1, 0.15) is 5.82 Å². The Bertz CT molecular complexity index is 1070. The van der Waals surface area contributed by atoms with Gasteiger partial charge in [-0.05, 0) is 55.3 Å². The number of nitrogens with zero attached hydrogens (tertiary/aromatic N) is 1. The average Bonchev–Trinajstić information content (AvgIpc) is 3.23. The molecule has 0 radical (unpaired) electrons. The number of amides is 2. The smallest absolute Gasteiger partial charge is 0.261 e. The molecule has 2 amide bonds. The zero-order chi connectivity index (χ0) is 20.6. The van der Waals surface area contributed by atoms with Gasteiger partial charge in [0, 0.05) is 23.7 Å². The summed E-state index contributed by atoms with van der Waals surface area (Å²) < 4.78 is 40.6. The quantitative estimate of drug-likeness (QED) is 0.720. The number of sulfonamides is 1. The van der Waals surface area contributed by atoms with Crippen LogP contribution in [0.25, 0.3) is 0 Å². The molecule has 1 atom stereocenters. The molecule has 0 aliphatic carbocycles. The third kappa shape index (κ3) is 4.08. The first-order valence-electron chi connectivity index (χ1n) is 9.02. The Balaban J connectivity index is 1.55. The van der Waals surface area contributed by atoms with Gasteiger partial charge >= 0.3 is 0 Å². The average molecular weight is 436 g/mol. The molecule has 0 saturated carbocycles. The molecule has 7 nitrogen and oxygen atoms in total. The maximum atomic E-state index is 13.0. The SMILES string of the molecule is O=C1Nc2cc(S(=O)(=O)Nc3ccc(F)cc3)ccc2SC1C(=O)N1CCCC1. The predicted molar refractivity (Wildman–Crippen MR) is 108 cm³/mol. The summed E-state index contributed by atoms with van der Waals surface area (Å²) in [5, 5.41) is 1.77. The zero-order valence-corrected chi connectivity index (χ0v) is 16.9. The van der Waals surface area contributed by atoms with E-state index in [4.69, 9.17) is 0 Å². The van der Waals surface area contributed by atoms with Crippen LogP contribution in [-0.2, 0) is 19.6 Å². The summed E-state index contributed by atoms with van der Waals surface area (Å²) in [5.74, 6) is -1.15. The van der Waals surface area contributed by atoms with Crippen LogP contribution in [0.3, 0.4) is 0 Å². The van der Waals surface area contributed by atoms with Crippen molar-refractivity contribution in [2.75, 3.05) is 23.1 Å². The molecule has 2 aliphatic heterocycles.